The number of allylic oxidation sites excluding steroid dienone is 6. The molecular weight excluding hydrogens is 978 g/mol. The monoisotopic (exact) mass is 1110 g/mol. The molecule has 0 aliphatic heterocycles. The van der Waals surface area contributed by atoms with E-state index in [1.807, 2.05) is 0 Å². The molecule has 2 atom stereocenters. The zero-order chi connectivity index (χ0) is 55.9. The molecule has 0 fully saturated rings. The van der Waals surface area contributed by atoms with Crippen LogP contribution in [0.25, 0.3) is 0 Å². The van der Waals surface area contributed by atoms with Gasteiger partial charge in [0.25, 0.3) is 0 Å². The second-order valence-electron chi connectivity index (χ2n) is 22.7. The van der Waals surface area contributed by atoms with E-state index in [0.29, 0.717) is 6.42 Å². The molecule has 0 radical (unpaired) electrons. The number of unbranched alkanes of at least 4 members (excludes halogenated alkanes) is 45. The molecule has 0 amide bonds. The van der Waals surface area contributed by atoms with E-state index in [2.05, 4.69) is 50.3 Å². The van der Waals surface area contributed by atoms with Gasteiger partial charge < -0.3 is 20.1 Å². The maximum atomic E-state index is 12.7. The van der Waals surface area contributed by atoms with Crippen molar-refractivity contribution in [3.63, 3.8) is 0 Å². The number of carbonyl (C=O) groups excluding carboxylic acids is 2. The summed E-state index contributed by atoms with van der Waals surface area (Å²) in [5.41, 5.74) is 5.40. The third kappa shape index (κ3) is 63.3. The number of nitrogens with two attached hydrogens (primary N) is 1. The minimum absolute atomic E-state index is 0.0555. The van der Waals surface area contributed by atoms with Gasteiger partial charge in [-0.3, -0.25) is 18.6 Å². The maximum absolute atomic E-state index is 12.7. The van der Waals surface area contributed by atoms with Crippen LogP contribution in [0.4, 0.5) is 0 Å². The predicted octanol–water partition coefficient (Wildman–Crippen LogP) is 21.5. The van der Waals surface area contributed by atoms with Crippen LogP contribution in [0.1, 0.15) is 348 Å². The van der Waals surface area contributed by atoms with E-state index in [0.717, 1.165) is 38.5 Å². The van der Waals surface area contributed by atoms with Gasteiger partial charge in [-0.25, -0.2) is 4.57 Å². The van der Waals surface area contributed by atoms with Gasteiger partial charge in [-0.1, -0.05) is 301 Å². The number of phosphoric ester groups is 1. The highest BCUT2D eigenvalue weighted by Gasteiger charge is 2.26. The van der Waals surface area contributed by atoms with E-state index < -0.39 is 26.5 Å². The lowest BCUT2D eigenvalue weighted by atomic mass is 10.0. The zero-order valence-corrected chi connectivity index (χ0v) is 51.9. The smallest absolute Gasteiger partial charge is 0.462 e. The molecule has 0 aromatic heterocycles. The molecule has 3 N–H and O–H groups in total. The molecule has 0 saturated heterocycles. The van der Waals surface area contributed by atoms with Crippen LogP contribution < -0.4 is 5.73 Å². The van der Waals surface area contributed by atoms with Crippen LogP contribution in [0.3, 0.4) is 0 Å². The largest absolute Gasteiger partial charge is 0.472 e. The Hall–Kier alpha value is -1.77. The Labute approximate surface area is 477 Å². The summed E-state index contributed by atoms with van der Waals surface area (Å²) in [4.78, 5) is 35.3. The number of carbonyl (C=O) groups is 2. The Kier molecular flexibility index (Phi) is 62.0. The fraction of sp³-hybridized carbons (Fsp3) is 0.881. The standard InChI is InChI=1S/C67H128NO8P/c1-3-5-7-9-11-13-15-17-19-21-23-25-27-29-30-31-32-33-34-36-38-40-42-44-46-48-50-52-54-56-58-60-67(70)76-65(64-75-77(71,72)74-62-61-68)63-73-66(69)59-57-55-53-51-49-47-45-43-41-39-37-35-28-26-24-22-20-18-16-14-12-10-8-6-4-2/h15,17,21-24,65H,3-14,16,18-20,25-64,68H2,1-2H3,(H,71,72)/b17-15-,23-21-,24-22-. The van der Waals surface area contributed by atoms with E-state index in [1.165, 1.54) is 276 Å². The third-order valence-electron chi connectivity index (χ3n) is 15.0. The van der Waals surface area contributed by atoms with Gasteiger partial charge in [0.15, 0.2) is 6.10 Å². The van der Waals surface area contributed by atoms with Crippen molar-refractivity contribution in [1.82, 2.24) is 0 Å². The molecule has 454 valence electrons. The molecule has 0 aromatic carbocycles. The van der Waals surface area contributed by atoms with Crippen molar-refractivity contribution in [2.24, 2.45) is 5.73 Å². The van der Waals surface area contributed by atoms with Crippen LogP contribution in [-0.2, 0) is 32.7 Å². The molecule has 0 saturated carbocycles. The lowest BCUT2D eigenvalue weighted by Crippen LogP contribution is -2.29. The first-order valence-electron chi connectivity index (χ1n) is 33.5. The van der Waals surface area contributed by atoms with E-state index in [1.54, 1.807) is 0 Å². The first kappa shape index (κ1) is 75.2. The number of ether oxygens (including phenoxy) is 2. The van der Waals surface area contributed by atoms with Crippen molar-refractivity contribution in [2.45, 2.75) is 354 Å². The fourth-order valence-corrected chi connectivity index (χ4v) is 10.8. The normalized spacial score (nSPS) is 13.1. The van der Waals surface area contributed by atoms with Gasteiger partial charge in [-0.2, -0.15) is 0 Å². The lowest BCUT2D eigenvalue weighted by molar-refractivity contribution is -0.161. The summed E-state index contributed by atoms with van der Waals surface area (Å²) in [6, 6.07) is 0. The number of hydrogen-bond acceptors (Lipinski definition) is 8. The van der Waals surface area contributed by atoms with Crippen molar-refractivity contribution in [3.8, 4) is 0 Å². The highest BCUT2D eigenvalue weighted by molar-refractivity contribution is 7.47. The first-order chi connectivity index (χ1) is 37.8. The SMILES string of the molecule is CCCCCCC/C=C\C/C=C\CCCCCCCCCCCCCCCCCCCCCC(=O)OC(COC(=O)CCCCCCCCCCCCCCC/C=C\CCCCCCCCCC)COP(=O)(O)OCCN. The second-order valence-corrected chi connectivity index (χ2v) is 24.1. The fourth-order valence-electron chi connectivity index (χ4n) is 10.0. The van der Waals surface area contributed by atoms with Crippen molar-refractivity contribution in [2.75, 3.05) is 26.4 Å². The highest BCUT2D eigenvalue weighted by Crippen LogP contribution is 2.43. The van der Waals surface area contributed by atoms with Crippen LogP contribution in [-0.4, -0.2) is 49.3 Å². The summed E-state index contributed by atoms with van der Waals surface area (Å²) < 4.78 is 33.2. The predicted molar refractivity (Wildman–Crippen MR) is 330 cm³/mol. The summed E-state index contributed by atoms with van der Waals surface area (Å²) >= 11 is 0. The van der Waals surface area contributed by atoms with Gasteiger partial charge in [0.1, 0.15) is 6.61 Å². The van der Waals surface area contributed by atoms with Gasteiger partial charge in [0.2, 0.25) is 0 Å². The average Bonchev–Trinajstić information content (AvgIpc) is 3.42. The Morgan fingerprint density at radius 2 is 0.675 bits per heavy atom. The van der Waals surface area contributed by atoms with Crippen LogP contribution >= 0.6 is 7.82 Å². The van der Waals surface area contributed by atoms with Gasteiger partial charge in [-0.15, -0.1) is 0 Å². The minimum atomic E-state index is -4.39. The van der Waals surface area contributed by atoms with Crippen molar-refractivity contribution in [3.05, 3.63) is 36.5 Å². The van der Waals surface area contributed by atoms with E-state index in [9.17, 15) is 19.0 Å². The Balaban J connectivity index is 3.85. The van der Waals surface area contributed by atoms with Crippen LogP contribution in [0.2, 0.25) is 0 Å². The van der Waals surface area contributed by atoms with Crippen molar-refractivity contribution < 1.29 is 37.6 Å². The summed E-state index contributed by atoms with van der Waals surface area (Å²) in [5.74, 6) is -0.808. The van der Waals surface area contributed by atoms with Crippen LogP contribution in [0.15, 0.2) is 36.5 Å². The molecule has 0 aromatic rings. The molecule has 0 spiro atoms. The Morgan fingerprint density at radius 1 is 0.390 bits per heavy atom. The van der Waals surface area contributed by atoms with E-state index >= 15 is 0 Å². The van der Waals surface area contributed by atoms with Gasteiger partial charge in [-0.05, 0) is 70.6 Å². The molecule has 10 heteroatoms. The molecule has 2 unspecified atom stereocenters. The topological polar surface area (TPSA) is 134 Å². The lowest BCUT2D eigenvalue weighted by Gasteiger charge is -2.19. The summed E-state index contributed by atoms with van der Waals surface area (Å²) in [7, 11) is -4.39. The van der Waals surface area contributed by atoms with Crippen molar-refractivity contribution >= 4 is 19.8 Å². The van der Waals surface area contributed by atoms with Gasteiger partial charge in [0, 0.05) is 19.4 Å². The number of esters is 2. The first-order valence-corrected chi connectivity index (χ1v) is 35.0. The Bertz CT molecular complexity index is 1350. The minimum Gasteiger partial charge on any atom is -0.462 e. The molecule has 0 aliphatic carbocycles. The van der Waals surface area contributed by atoms with Crippen LogP contribution in [0.5, 0.6) is 0 Å². The summed E-state index contributed by atoms with van der Waals surface area (Å²) in [5, 5.41) is 0. The molecule has 77 heavy (non-hydrogen) atoms. The van der Waals surface area contributed by atoms with Crippen LogP contribution in [0, 0.1) is 0 Å². The van der Waals surface area contributed by atoms with Gasteiger partial charge >= 0.3 is 19.8 Å². The third-order valence-corrected chi connectivity index (χ3v) is 16.0. The highest BCUT2D eigenvalue weighted by atomic mass is 31.2. The molecule has 0 bridgehead atoms. The Morgan fingerprint density at radius 3 is 1.00 bits per heavy atom. The number of hydrogen-bond donors (Lipinski definition) is 2. The molecule has 0 heterocycles. The summed E-state index contributed by atoms with van der Waals surface area (Å²) in [6.07, 6.45) is 78.0. The summed E-state index contributed by atoms with van der Waals surface area (Å²) in [6.45, 7) is 3.80. The molecular formula is C67H128NO8P. The quantitative estimate of drug-likeness (QED) is 0.0264. The number of phosphoric acid groups is 1. The maximum Gasteiger partial charge on any atom is 0.472 e. The number of rotatable bonds is 64. The van der Waals surface area contributed by atoms with Crippen molar-refractivity contribution in [1.29, 1.82) is 0 Å². The van der Waals surface area contributed by atoms with E-state index in [4.69, 9.17) is 24.3 Å². The van der Waals surface area contributed by atoms with E-state index in [-0.39, 0.29) is 38.6 Å². The second kappa shape index (κ2) is 63.4. The van der Waals surface area contributed by atoms with Gasteiger partial charge in [0.05, 0.1) is 13.2 Å². The zero-order valence-electron chi connectivity index (χ0n) is 51.0. The molecule has 9 nitrogen and oxygen atoms in total. The molecule has 0 rings (SSSR count). The average molecular weight is 1110 g/mol. The molecule has 0 aliphatic rings.